The predicted octanol–water partition coefficient (Wildman–Crippen LogP) is -0.113. The summed E-state index contributed by atoms with van der Waals surface area (Å²) < 4.78 is 6.56. The molecular formula is C11H13N5O3. The van der Waals surface area contributed by atoms with Gasteiger partial charge in [-0.05, 0) is 6.07 Å². The third-order valence-corrected chi connectivity index (χ3v) is 2.60. The molecule has 8 heteroatoms. The molecule has 100 valence electrons. The molecule has 0 aliphatic carbocycles. The van der Waals surface area contributed by atoms with Crippen molar-refractivity contribution in [3.63, 3.8) is 0 Å². The van der Waals surface area contributed by atoms with E-state index in [0.717, 1.165) is 5.56 Å². The summed E-state index contributed by atoms with van der Waals surface area (Å²) in [6.07, 6.45) is 1.61. The topological polar surface area (TPSA) is 116 Å². The first-order chi connectivity index (χ1) is 9.17. The minimum atomic E-state index is -1.15. The Morgan fingerprint density at radius 2 is 2.37 bits per heavy atom. The van der Waals surface area contributed by atoms with Crippen LogP contribution >= 0.6 is 0 Å². The largest absolute Gasteiger partial charge is 0.481 e. The molecule has 0 aliphatic heterocycles. The number of nitrogens with zero attached hydrogens (tertiary/aromatic N) is 4. The number of methoxy groups -OCH3 is 1. The lowest BCUT2D eigenvalue weighted by Crippen LogP contribution is -2.13. The number of carboxylic acid groups (broad SMARTS) is 1. The Hall–Kier alpha value is -2.48. The first-order valence-corrected chi connectivity index (χ1v) is 5.51. The molecule has 8 nitrogen and oxygen atoms in total. The van der Waals surface area contributed by atoms with Crippen LogP contribution in [0.2, 0.25) is 0 Å². The molecule has 19 heavy (non-hydrogen) atoms. The van der Waals surface area contributed by atoms with Crippen LogP contribution in [0.25, 0.3) is 0 Å². The number of aromatic nitrogens is 4. The highest BCUT2D eigenvalue weighted by Crippen LogP contribution is 2.16. The van der Waals surface area contributed by atoms with Crippen molar-refractivity contribution in [1.29, 1.82) is 0 Å². The molecule has 0 radical (unpaired) electrons. The number of rotatable bonds is 5. The van der Waals surface area contributed by atoms with Gasteiger partial charge in [-0.1, -0.05) is 11.3 Å². The number of nitrogens with two attached hydrogens (primary N) is 1. The predicted molar refractivity (Wildman–Crippen MR) is 64.8 cm³/mol. The van der Waals surface area contributed by atoms with E-state index in [2.05, 4.69) is 15.3 Å². The van der Waals surface area contributed by atoms with Crippen LogP contribution in [-0.4, -0.2) is 38.2 Å². The Kier molecular flexibility index (Phi) is 3.71. The minimum absolute atomic E-state index is 0.0389. The van der Waals surface area contributed by atoms with E-state index < -0.39 is 5.97 Å². The van der Waals surface area contributed by atoms with Crippen LogP contribution in [0.1, 0.15) is 21.7 Å². The van der Waals surface area contributed by atoms with Crippen molar-refractivity contribution in [2.75, 3.05) is 7.11 Å². The molecule has 2 aromatic heterocycles. The van der Waals surface area contributed by atoms with Crippen molar-refractivity contribution in [3.05, 3.63) is 35.3 Å². The monoisotopic (exact) mass is 263 g/mol. The van der Waals surface area contributed by atoms with Gasteiger partial charge in [-0.25, -0.2) is 14.5 Å². The molecule has 0 bridgehead atoms. The molecule has 0 saturated heterocycles. The fourth-order valence-corrected chi connectivity index (χ4v) is 1.72. The molecule has 0 aliphatic rings. The van der Waals surface area contributed by atoms with Gasteiger partial charge in [0.25, 0.3) is 0 Å². The Morgan fingerprint density at radius 3 is 3.00 bits per heavy atom. The normalized spacial score (nSPS) is 10.4. The van der Waals surface area contributed by atoms with E-state index in [1.807, 2.05) is 6.07 Å². The highest BCUT2D eigenvalue weighted by atomic mass is 16.5. The van der Waals surface area contributed by atoms with Gasteiger partial charge in [-0.2, -0.15) is 0 Å². The van der Waals surface area contributed by atoms with Gasteiger partial charge < -0.3 is 15.6 Å². The average Bonchev–Trinajstić information content (AvgIpc) is 2.82. The zero-order valence-corrected chi connectivity index (χ0v) is 10.3. The van der Waals surface area contributed by atoms with E-state index in [1.165, 1.54) is 11.8 Å². The fourth-order valence-electron chi connectivity index (χ4n) is 1.72. The molecular weight excluding hydrogens is 250 g/mol. The number of ether oxygens (including phenoxy) is 1. The van der Waals surface area contributed by atoms with Crippen molar-refractivity contribution in [2.45, 2.75) is 13.1 Å². The lowest BCUT2D eigenvalue weighted by atomic mass is 10.2. The van der Waals surface area contributed by atoms with Crippen molar-refractivity contribution in [3.8, 4) is 5.88 Å². The minimum Gasteiger partial charge on any atom is -0.481 e. The van der Waals surface area contributed by atoms with E-state index in [-0.39, 0.29) is 12.2 Å². The zero-order chi connectivity index (χ0) is 13.8. The Morgan fingerprint density at radius 1 is 1.58 bits per heavy atom. The van der Waals surface area contributed by atoms with Crippen molar-refractivity contribution in [2.24, 2.45) is 5.73 Å². The van der Waals surface area contributed by atoms with Crippen molar-refractivity contribution < 1.29 is 14.6 Å². The molecule has 0 amide bonds. The third kappa shape index (κ3) is 2.52. The van der Waals surface area contributed by atoms with Crippen LogP contribution in [0, 0.1) is 0 Å². The van der Waals surface area contributed by atoms with Crippen LogP contribution in [0.15, 0.2) is 18.3 Å². The highest BCUT2D eigenvalue weighted by molar-refractivity contribution is 5.86. The summed E-state index contributed by atoms with van der Waals surface area (Å²) in [5.74, 6) is -0.692. The van der Waals surface area contributed by atoms with Crippen LogP contribution in [-0.2, 0) is 13.1 Å². The summed E-state index contributed by atoms with van der Waals surface area (Å²) in [6.45, 7) is 0.334. The van der Waals surface area contributed by atoms with Crippen LogP contribution < -0.4 is 10.5 Å². The van der Waals surface area contributed by atoms with Gasteiger partial charge in [-0.15, -0.1) is 5.10 Å². The number of hydrogen-bond acceptors (Lipinski definition) is 6. The Labute approximate surface area is 108 Å². The van der Waals surface area contributed by atoms with Crippen LogP contribution in [0.4, 0.5) is 0 Å². The second-order valence-corrected chi connectivity index (χ2v) is 3.72. The average molecular weight is 263 g/mol. The molecule has 0 unspecified atom stereocenters. The maximum atomic E-state index is 11.0. The number of aromatic carboxylic acids is 1. The first-order valence-electron chi connectivity index (χ1n) is 5.51. The third-order valence-electron chi connectivity index (χ3n) is 2.60. The van der Waals surface area contributed by atoms with E-state index in [4.69, 9.17) is 15.6 Å². The fraction of sp³-hybridized carbons (Fsp3) is 0.273. The Balaban J connectivity index is 2.36. The summed E-state index contributed by atoms with van der Waals surface area (Å²) >= 11 is 0. The first kappa shape index (κ1) is 13.0. The van der Waals surface area contributed by atoms with E-state index in [0.29, 0.717) is 18.1 Å². The van der Waals surface area contributed by atoms with Gasteiger partial charge in [0.1, 0.15) is 0 Å². The van der Waals surface area contributed by atoms with E-state index >= 15 is 0 Å². The van der Waals surface area contributed by atoms with E-state index in [9.17, 15) is 4.79 Å². The highest BCUT2D eigenvalue weighted by Gasteiger charge is 2.18. The molecule has 0 fully saturated rings. The number of pyridine rings is 1. The van der Waals surface area contributed by atoms with Gasteiger partial charge in [0, 0.05) is 18.3 Å². The smallest absolute Gasteiger partial charge is 0.358 e. The summed E-state index contributed by atoms with van der Waals surface area (Å²) in [4.78, 5) is 15.0. The second kappa shape index (κ2) is 5.44. The molecule has 3 N–H and O–H groups in total. The van der Waals surface area contributed by atoms with Crippen molar-refractivity contribution in [1.82, 2.24) is 20.0 Å². The lowest BCUT2D eigenvalue weighted by Gasteiger charge is -2.08. The van der Waals surface area contributed by atoms with Gasteiger partial charge in [0.05, 0.1) is 19.3 Å². The molecule has 2 rings (SSSR count). The molecule has 0 aromatic carbocycles. The lowest BCUT2D eigenvalue weighted by molar-refractivity contribution is 0.0689. The molecule has 0 spiro atoms. The number of carbonyl (C=O) groups is 1. The SMILES string of the molecule is COc1ncccc1Cn1nnc(C(=O)O)c1CN. The van der Waals surface area contributed by atoms with E-state index in [1.54, 1.807) is 12.3 Å². The quantitative estimate of drug-likeness (QED) is 0.772. The second-order valence-electron chi connectivity index (χ2n) is 3.72. The van der Waals surface area contributed by atoms with Gasteiger partial charge in [0.2, 0.25) is 5.88 Å². The maximum absolute atomic E-state index is 11.0. The summed E-state index contributed by atoms with van der Waals surface area (Å²) in [7, 11) is 1.51. The molecule has 0 saturated carbocycles. The van der Waals surface area contributed by atoms with Gasteiger partial charge in [-0.3, -0.25) is 0 Å². The molecule has 2 aromatic rings. The van der Waals surface area contributed by atoms with Crippen LogP contribution in [0.5, 0.6) is 5.88 Å². The molecule has 0 atom stereocenters. The van der Waals surface area contributed by atoms with Gasteiger partial charge in [0.15, 0.2) is 5.69 Å². The van der Waals surface area contributed by atoms with Crippen LogP contribution in [0.3, 0.4) is 0 Å². The summed E-state index contributed by atoms with van der Waals surface area (Å²) in [5.41, 5.74) is 6.54. The number of hydrogen-bond donors (Lipinski definition) is 2. The van der Waals surface area contributed by atoms with Gasteiger partial charge >= 0.3 is 5.97 Å². The zero-order valence-electron chi connectivity index (χ0n) is 10.3. The summed E-state index contributed by atoms with van der Waals surface area (Å²) in [6, 6.07) is 3.57. The standard InChI is InChI=1S/C11H13N5O3/c1-19-10-7(3-2-4-13-10)6-16-8(5-12)9(11(17)18)14-15-16/h2-4H,5-6,12H2,1H3,(H,17,18). The maximum Gasteiger partial charge on any atom is 0.358 e. The van der Waals surface area contributed by atoms with Crippen molar-refractivity contribution >= 4 is 5.97 Å². The Bertz CT molecular complexity index is 596. The number of carboxylic acids is 1. The molecule has 2 heterocycles. The summed E-state index contributed by atoms with van der Waals surface area (Å²) in [5, 5.41) is 16.4.